The van der Waals surface area contributed by atoms with Crippen LogP contribution in [0.3, 0.4) is 0 Å². The van der Waals surface area contributed by atoms with E-state index in [-0.39, 0.29) is 0 Å². The smallest absolute Gasteiger partial charge is 0.0654 e. The Balaban J connectivity index is 2.18. The van der Waals surface area contributed by atoms with E-state index in [1.54, 1.807) is 8.46 Å². The van der Waals surface area contributed by atoms with Crippen molar-refractivity contribution in [3.8, 4) is 0 Å². The van der Waals surface area contributed by atoms with Gasteiger partial charge >= 0.3 is 134 Å². The Hall–Kier alpha value is 0.239. The molecule has 0 fully saturated rings. The van der Waals surface area contributed by atoms with Crippen LogP contribution in [0.5, 0.6) is 0 Å². The fourth-order valence-corrected chi connectivity index (χ4v) is 9.40. The van der Waals surface area contributed by atoms with Gasteiger partial charge in [-0.1, -0.05) is 19.8 Å². The molecule has 1 aromatic heterocycles. The van der Waals surface area contributed by atoms with E-state index in [1.807, 2.05) is 11.3 Å². The third-order valence-corrected chi connectivity index (χ3v) is 15.2. The first-order valence-electron chi connectivity index (χ1n) is 9.74. The van der Waals surface area contributed by atoms with E-state index in [4.69, 9.17) is 0 Å². The summed E-state index contributed by atoms with van der Waals surface area (Å²) in [5, 5.41) is 0. The summed E-state index contributed by atoms with van der Waals surface area (Å²) in [4.78, 5) is 8.98. The topological polar surface area (TPSA) is 0 Å². The van der Waals surface area contributed by atoms with Gasteiger partial charge in [-0.15, -0.1) is 0 Å². The fraction of sp³-hybridized carbons (Fsp3) is 0.714. The summed E-state index contributed by atoms with van der Waals surface area (Å²) in [6, 6.07) is 2.52. The van der Waals surface area contributed by atoms with Crippen molar-refractivity contribution in [2.45, 2.75) is 92.4 Å². The van der Waals surface area contributed by atoms with Crippen molar-refractivity contribution in [1.29, 1.82) is 0 Å². The molecule has 0 N–H and O–H groups in total. The Morgan fingerprint density at radius 3 is 1.91 bits per heavy atom. The SMILES string of the molecule is C=Cc1s[c]([Sn]([CH3])([CH3])[CH3])cc1CCCCCCCCCCCC. The normalized spacial score (nSPS) is 11.8. The molecular weight excluding hydrogens is 403 g/mol. The number of thiophene rings is 1. The number of hydrogen-bond acceptors (Lipinski definition) is 1. The Kier molecular flexibility index (Phi) is 10.9. The molecule has 0 aliphatic carbocycles. The molecule has 1 heterocycles. The molecule has 23 heavy (non-hydrogen) atoms. The molecule has 0 unspecified atom stereocenters. The van der Waals surface area contributed by atoms with Crippen LogP contribution in [0.15, 0.2) is 12.6 Å². The van der Waals surface area contributed by atoms with Crippen molar-refractivity contribution in [2.75, 3.05) is 0 Å². The van der Waals surface area contributed by atoms with Gasteiger partial charge in [0.25, 0.3) is 0 Å². The Labute approximate surface area is 153 Å². The summed E-state index contributed by atoms with van der Waals surface area (Å²) in [6.45, 7) is 6.31. The molecular formula is C21H38SSn. The van der Waals surface area contributed by atoms with Crippen LogP contribution in [-0.2, 0) is 6.42 Å². The van der Waals surface area contributed by atoms with Gasteiger partial charge in [-0.05, 0) is 0 Å². The van der Waals surface area contributed by atoms with Gasteiger partial charge in [-0.2, -0.15) is 0 Å². The van der Waals surface area contributed by atoms with Gasteiger partial charge in [0.2, 0.25) is 0 Å². The van der Waals surface area contributed by atoms with E-state index in [9.17, 15) is 0 Å². The van der Waals surface area contributed by atoms with Crippen LogP contribution in [0.4, 0.5) is 0 Å². The molecule has 0 spiro atoms. The number of hydrogen-bond donors (Lipinski definition) is 0. The predicted molar refractivity (Wildman–Crippen MR) is 113 cm³/mol. The minimum absolute atomic E-state index is 1.26. The first kappa shape index (κ1) is 21.3. The average molecular weight is 441 g/mol. The van der Waals surface area contributed by atoms with E-state index in [0.29, 0.717) is 0 Å². The fourth-order valence-electron chi connectivity index (χ4n) is 2.98. The Morgan fingerprint density at radius 2 is 1.43 bits per heavy atom. The molecule has 0 nitrogen and oxygen atoms in total. The summed E-state index contributed by atoms with van der Waals surface area (Å²) >= 11 is 0.122. The van der Waals surface area contributed by atoms with Gasteiger partial charge in [0.15, 0.2) is 0 Å². The zero-order chi connectivity index (χ0) is 17.1. The Morgan fingerprint density at radius 1 is 0.913 bits per heavy atom. The quantitative estimate of drug-likeness (QED) is 0.221. The molecule has 2 heteroatoms. The molecule has 0 saturated carbocycles. The minimum Gasteiger partial charge on any atom is -0.0654 e. The van der Waals surface area contributed by atoms with E-state index in [1.165, 1.54) is 75.5 Å². The van der Waals surface area contributed by atoms with Crippen LogP contribution < -0.4 is 2.89 Å². The number of unbranched alkanes of at least 4 members (excludes halogenated alkanes) is 9. The van der Waals surface area contributed by atoms with Crippen molar-refractivity contribution in [3.05, 3.63) is 23.1 Å². The van der Waals surface area contributed by atoms with Gasteiger partial charge in [-0.25, -0.2) is 0 Å². The number of rotatable bonds is 13. The third-order valence-electron chi connectivity index (χ3n) is 4.57. The molecule has 1 aromatic rings. The van der Waals surface area contributed by atoms with E-state index >= 15 is 0 Å². The first-order valence-corrected chi connectivity index (χ1v) is 20.5. The predicted octanol–water partition coefficient (Wildman–Crippen LogP) is 7.40. The van der Waals surface area contributed by atoms with Crippen LogP contribution >= 0.6 is 11.3 Å². The summed E-state index contributed by atoms with van der Waals surface area (Å²) in [7, 11) is 0. The van der Waals surface area contributed by atoms with Crippen molar-refractivity contribution < 1.29 is 0 Å². The second-order valence-electron chi connectivity index (χ2n) is 7.89. The van der Waals surface area contributed by atoms with Gasteiger partial charge in [0, 0.05) is 0 Å². The van der Waals surface area contributed by atoms with Crippen molar-refractivity contribution in [2.24, 2.45) is 0 Å². The maximum absolute atomic E-state index is 4.02. The van der Waals surface area contributed by atoms with Crippen LogP contribution in [0.2, 0.25) is 14.8 Å². The van der Waals surface area contributed by atoms with Crippen molar-refractivity contribution in [1.82, 2.24) is 0 Å². The molecule has 0 atom stereocenters. The van der Waals surface area contributed by atoms with Gasteiger partial charge < -0.3 is 0 Å². The summed E-state index contributed by atoms with van der Waals surface area (Å²) in [5.41, 5.74) is 1.58. The summed E-state index contributed by atoms with van der Waals surface area (Å²) < 4.78 is 1.70. The molecule has 0 radical (unpaired) electrons. The van der Waals surface area contributed by atoms with Crippen molar-refractivity contribution >= 4 is 38.7 Å². The van der Waals surface area contributed by atoms with E-state index in [2.05, 4.69) is 40.5 Å². The van der Waals surface area contributed by atoms with E-state index < -0.39 is 18.4 Å². The third kappa shape index (κ3) is 8.76. The first-order chi connectivity index (χ1) is 11.0. The maximum atomic E-state index is 4.02. The molecule has 0 saturated heterocycles. The molecule has 0 aromatic carbocycles. The second-order valence-corrected chi connectivity index (χ2v) is 24.4. The Bertz CT molecular complexity index is 439. The molecule has 1 rings (SSSR count). The standard InChI is InChI=1S/C18H29S.3CH3.Sn/c1-3-5-6-7-8-9-10-11-12-13-14-17-15-16-19-18(17)4-2;;;;/h4,15H,2-3,5-14H2,1H3;3*1H3;. The monoisotopic (exact) mass is 442 g/mol. The van der Waals surface area contributed by atoms with Crippen LogP contribution in [0.1, 0.15) is 81.6 Å². The zero-order valence-corrected chi connectivity index (χ0v) is 19.7. The summed E-state index contributed by atoms with van der Waals surface area (Å²) in [6.07, 6.45) is 17.5. The molecule has 0 aliphatic heterocycles. The molecule has 0 bridgehead atoms. The second kappa shape index (κ2) is 11.7. The minimum atomic E-state index is -1.90. The van der Waals surface area contributed by atoms with Crippen LogP contribution in [0, 0.1) is 0 Å². The van der Waals surface area contributed by atoms with Crippen molar-refractivity contribution in [3.63, 3.8) is 0 Å². The molecule has 0 amide bonds. The zero-order valence-electron chi connectivity index (χ0n) is 16.0. The van der Waals surface area contributed by atoms with Crippen LogP contribution in [-0.4, -0.2) is 18.4 Å². The van der Waals surface area contributed by atoms with Crippen LogP contribution in [0.25, 0.3) is 6.08 Å². The van der Waals surface area contributed by atoms with Gasteiger partial charge in [0.05, 0.1) is 0 Å². The number of aryl methyl sites for hydroxylation is 1. The van der Waals surface area contributed by atoms with Gasteiger partial charge in [0.1, 0.15) is 0 Å². The van der Waals surface area contributed by atoms with Gasteiger partial charge in [-0.3, -0.25) is 0 Å². The van der Waals surface area contributed by atoms with E-state index in [0.717, 1.165) is 0 Å². The average Bonchev–Trinajstić information content (AvgIpc) is 2.92. The summed E-state index contributed by atoms with van der Waals surface area (Å²) in [5.74, 6) is 0. The molecule has 132 valence electrons. The molecule has 0 aliphatic rings.